The number of imidazole rings is 1. The van der Waals surface area contributed by atoms with E-state index in [1.54, 1.807) is 106 Å². The number of aliphatic hydroxyl groups is 1. The van der Waals surface area contributed by atoms with Crippen LogP contribution >= 0.6 is 21.6 Å². The number of aromatic amines is 3. The molecule has 0 aliphatic rings. The van der Waals surface area contributed by atoms with Crippen LogP contribution in [0.5, 0.6) is 0 Å². The smallest absolute Gasteiger partial charge is 0.305 e. The molecule has 5 rings (SSSR count). The summed E-state index contributed by atoms with van der Waals surface area (Å²) in [7, 11) is 1.91. The van der Waals surface area contributed by atoms with Gasteiger partial charge in [-0.25, -0.2) is 4.98 Å². The number of benzene rings is 2. The number of nitrogens with one attached hydrogen (secondary N) is 15. The third-order valence-electron chi connectivity index (χ3n) is 17.0. The summed E-state index contributed by atoms with van der Waals surface area (Å²) < 4.78 is 0. The van der Waals surface area contributed by atoms with E-state index >= 15 is 0 Å². The number of nitrogens with zero attached hydrogens (tertiary/aromatic N) is 1. The molecule has 35 nitrogen and oxygen atoms in total. The number of carbonyl (C=O) groups excluding carboxylic acids is 12. The normalized spacial score (nSPS) is 14.9. The van der Waals surface area contributed by atoms with Gasteiger partial charge in [-0.2, -0.15) is 0 Å². The van der Waals surface area contributed by atoms with Gasteiger partial charge in [-0.3, -0.25) is 67.1 Å². The van der Waals surface area contributed by atoms with E-state index in [-0.39, 0.29) is 62.0 Å². The summed E-state index contributed by atoms with van der Waals surface area (Å²) in [5.74, 6) is -15.0. The number of amides is 12. The number of aliphatic hydroxyl groups excluding tert-OH is 1. The number of hydrogen-bond acceptors (Lipinski definition) is 20. The van der Waals surface area contributed by atoms with Gasteiger partial charge < -0.3 is 106 Å². The lowest BCUT2D eigenvalue weighted by atomic mass is 9.98. The lowest BCUT2D eigenvalue weighted by molar-refractivity contribution is -0.140. The molecule has 0 unspecified atom stereocenters. The maximum Gasteiger partial charge on any atom is 0.305 e. The molecule has 3 heterocycles. The van der Waals surface area contributed by atoms with E-state index in [2.05, 4.69) is 83.7 Å². The van der Waals surface area contributed by atoms with Crippen LogP contribution in [-0.4, -0.2) is 221 Å². The van der Waals surface area contributed by atoms with Crippen LogP contribution in [0.15, 0.2) is 73.4 Å². The molecule has 0 bridgehead atoms. The van der Waals surface area contributed by atoms with Gasteiger partial charge in [0.1, 0.15) is 54.4 Å². The fraction of sp³-hybridized carbons (Fsp3) is 0.542. The molecule has 0 aliphatic carbocycles. The number of aromatic nitrogens is 4. The fourth-order valence-corrected chi connectivity index (χ4v) is 13.9. The Hall–Kier alpha value is -10.1. The van der Waals surface area contributed by atoms with Gasteiger partial charge in [-0.1, -0.05) is 99.5 Å². The highest BCUT2D eigenvalue weighted by atomic mass is 33.1. The van der Waals surface area contributed by atoms with E-state index < -0.39 is 193 Å². The Kier molecular flexibility index (Phi) is 35.5. The first-order valence-corrected chi connectivity index (χ1v) is 38.4. The third-order valence-corrected chi connectivity index (χ3v) is 19.4. The Bertz CT molecular complexity index is 3950. The van der Waals surface area contributed by atoms with Crippen LogP contribution in [0, 0.1) is 17.8 Å². The van der Waals surface area contributed by atoms with Gasteiger partial charge in [-0.05, 0) is 101 Å². The Morgan fingerprint density at radius 2 is 0.972 bits per heavy atom. The first-order chi connectivity index (χ1) is 51.3. The van der Waals surface area contributed by atoms with Crippen molar-refractivity contribution in [2.75, 3.05) is 24.6 Å². The van der Waals surface area contributed by atoms with Crippen LogP contribution in [0.1, 0.15) is 125 Å². The molecule has 0 saturated carbocycles. The summed E-state index contributed by atoms with van der Waals surface area (Å²) in [6.07, 6.45) is 2.66. The van der Waals surface area contributed by atoms with Crippen molar-refractivity contribution in [2.45, 2.75) is 206 Å². The zero-order valence-electron chi connectivity index (χ0n) is 63.0. The molecule has 2 aromatic carbocycles. The molecule has 0 spiro atoms. The summed E-state index contributed by atoms with van der Waals surface area (Å²) >= 11 is 0. The monoisotopic (exact) mass is 1560 g/mol. The lowest BCUT2D eigenvalue weighted by Gasteiger charge is -2.29. The minimum absolute atomic E-state index is 0.0520. The van der Waals surface area contributed by atoms with Crippen molar-refractivity contribution in [1.82, 2.24) is 83.7 Å². The second kappa shape index (κ2) is 43.2. The SMILES string of the molecule is CCNC(=O)[C@H](CSSC[C@H](NC(=O)[C@H](Cc1c[nH]c2ccccc12)NC(=O)[C@@H](NC(=O)[C@H](CC(C)C)NC(=O)[C@H](CCC(=O)O)NC(=O)CNC(=O)[C@H](CC(C)C)NC(=O)[C@H](Cc1cnc[nH]1)NC(=O)[C@@H](N)Cc1c[nH]c2ccccc12)C(C)C)C(=O)N[C@H](C(N)=O)[C@H](C)O)NC(=O)[C@H](CC(=O)O)NC(C)(C)C. The van der Waals surface area contributed by atoms with Crippen molar-refractivity contribution in [1.29, 1.82) is 0 Å². The van der Waals surface area contributed by atoms with E-state index in [4.69, 9.17) is 11.5 Å². The number of fused-ring (bicyclic) bond motifs is 2. The van der Waals surface area contributed by atoms with Crippen molar-refractivity contribution >= 4 is 126 Å². The predicted octanol–water partition coefficient (Wildman–Crippen LogP) is -0.565. The quantitative estimate of drug-likeness (QED) is 0.0171. The highest BCUT2D eigenvalue weighted by Crippen LogP contribution is 2.25. The first-order valence-electron chi connectivity index (χ1n) is 35.9. The molecule has 0 radical (unpaired) electrons. The number of hydrogen-bond donors (Lipinski definition) is 20. The van der Waals surface area contributed by atoms with Crippen LogP contribution in [0.2, 0.25) is 0 Å². The van der Waals surface area contributed by atoms with Crippen molar-refractivity contribution < 1.29 is 82.4 Å². The standard InChI is InChI=1S/C72H106N18O17S2/c1-12-76-64(100)54(86-69(105)53(28-58(95)96)90-72(9,10)11)33-108-109-34-55(70(106)89-60(39(8)91)61(74)97)87-66(102)51(26-41-30-78-47-20-16-14-18-44(41)47)85-71(107)59(38(6)7)88-68(104)50(24-37(4)5)84-65(101)48(21-22-57(93)94)81-56(92)32-79-63(99)49(23-36(2)3)83-67(103)52(27-42-31-75-35-80-42)82-62(98)45(73)25-40-29-77-46-19-15-13-17-43(40)46/h13-20,29-31,35-39,45,48-55,59-60,77-78,90-91H,12,21-28,32-34,73H2,1-11H3,(H2,74,97)(H,75,80)(H,76,100)(H,79,99)(H,81,92)(H,82,98)(H,83,103)(H,84,101)(H,85,107)(H,86,105)(H,87,102)(H,88,104)(H,89,106)(H,93,94)(H,95,96)/t39-,45-,48-,49-,50-,51-,52-,53-,54-,55-,59-,60-/m0/s1. The zero-order valence-corrected chi connectivity index (χ0v) is 64.7. The first kappa shape index (κ1) is 89.5. The third kappa shape index (κ3) is 29.8. The van der Waals surface area contributed by atoms with Gasteiger partial charge in [0.2, 0.25) is 70.9 Å². The Morgan fingerprint density at radius 3 is 1.47 bits per heavy atom. The van der Waals surface area contributed by atoms with E-state index in [0.717, 1.165) is 38.1 Å². The van der Waals surface area contributed by atoms with E-state index in [1.165, 1.54) is 19.4 Å². The van der Waals surface area contributed by atoms with Crippen LogP contribution in [0.25, 0.3) is 21.8 Å². The second-order valence-electron chi connectivity index (χ2n) is 28.8. The summed E-state index contributed by atoms with van der Waals surface area (Å²) in [5, 5.41) is 62.8. The largest absolute Gasteiger partial charge is 0.481 e. The molecule has 37 heteroatoms. The molecule has 109 heavy (non-hydrogen) atoms. The molecule has 0 aliphatic heterocycles. The number of carboxylic acid groups (broad SMARTS) is 2. The minimum atomic E-state index is -1.66. The molecule has 5 aromatic rings. The molecule has 0 fully saturated rings. The molecular formula is C72H106N18O17S2. The summed E-state index contributed by atoms with van der Waals surface area (Å²) in [5.41, 5.74) is 14.5. The Labute approximate surface area is 639 Å². The lowest BCUT2D eigenvalue weighted by Crippen LogP contribution is -2.61. The number of carbonyl (C=O) groups is 14. The van der Waals surface area contributed by atoms with Gasteiger partial charge >= 0.3 is 11.9 Å². The summed E-state index contributed by atoms with van der Waals surface area (Å²) in [6.45, 7) is 17.6. The molecule has 12 amide bonds. The maximum absolute atomic E-state index is 15.0. The Morgan fingerprint density at radius 1 is 0.514 bits per heavy atom. The van der Waals surface area contributed by atoms with Crippen molar-refractivity contribution in [3.8, 4) is 0 Å². The number of para-hydroxylation sites is 2. The maximum atomic E-state index is 15.0. The van der Waals surface area contributed by atoms with Crippen LogP contribution in [0.4, 0.5) is 0 Å². The van der Waals surface area contributed by atoms with Gasteiger partial charge in [-0.15, -0.1) is 0 Å². The molecule has 0 saturated heterocycles. The van der Waals surface area contributed by atoms with Crippen LogP contribution < -0.4 is 75.3 Å². The topological polar surface area (TPSA) is 556 Å². The van der Waals surface area contributed by atoms with E-state index in [1.807, 2.05) is 24.3 Å². The number of carboxylic acids is 2. The van der Waals surface area contributed by atoms with Gasteiger partial charge in [0.05, 0.1) is 37.5 Å². The van der Waals surface area contributed by atoms with E-state index in [0.29, 0.717) is 22.2 Å². The summed E-state index contributed by atoms with van der Waals surface area (Å²) in [6, 6.07) is -1.03. The molecule has 598 valence electrons. The van der Waals surface area contributed by atoms with Crippen LogP contribution in [0.3, 0.4) is 0 Å². The van der Waals surface area contributed by atoms with Crippen LogP contribution in [-0.2, 0) is 86.4 Å². The number of nitrogens with two attached hydrogens (primary N) is 2. The average Bonchev–Trinajstić information content (AvgIpc) is 1.73. The highest BCUT2D eigenvalue weighted by molar-refractivity contribution is 8.76. The van der Waals surface area contributed by atoms with Gasteiger partial charge in [0.15, 0.2) is 0 Å². The van der Waals surface area contributed by atoms with Crippen molar-refractivity contribution in [2.24, 2.45) is 29.2 Å². The molecule has 3 aromatic heterocycles. The van der Waals surface area contributed by atoms with Gasteiger partial charge in [0, 0.05) is 88.9 Å². The zero-order chi connectivity index (χ0) is 81.0. The van der Waals surface area contributed by atoms with Crippen molar-refractivity contribution in [3.63, 3.8) is 0 Å². The number of H-pyrrole nitrogens is 3. The summed E-state index contributed by atoms with van der Waals surface area (Å²) in [4.78, 5) is 205. The second-order valence-corrected chi connectivity index (χ2v) is 31.3. The number of primary amides is 1. The average molecular weight is 1560 g/mol. The Balaban J connectivity index is 1.34. The molecular weight excluding hydrogens is 1450 g/mol. The van der Waals surface area contributed by atoms with Crippen molar-refractivity contribution in [3.05, 3.63) is 90.3 Å². The number of rotatable bonds is 46. The van der Waals surface area contributed by atoms with E-state index in [9.17, 15) is 82.4 Å². The minimum Gasteiger partial charge on any atom is -0.481 e. The highest BCUT2D eigenvalue weighted by Gasteiger charge is 2.38. The fourth-order valence-electron chi connectivity index (χ4n) is 11.6. The predicted molar refractivity (Wildman–Crippen MR) is 409 cm³/mol. The molecule has 12 atom stereocenters. The molecule has 22 N–H and O–H groups in total. The number of aliphatic carboxylic acids is 2. The number of likely N-dealkylation sites (N-methyl/N-ethyl adjacent to an activating group) is 1. The van der Waals surface area contributed by atoms with Gasteiger partial charge in [0.25, 0.3) is 0 Å².